The smallest absolute Gasteiger partial charge is 0.328 e. The minimum absolute atomic E-state index is 0.0459. The summed E-state index contributed by atoms with van der Waals surface area (Å²) < 4.78 is 3.47. The lowest BCUT2D eigenvalue weighted by molar-refractivity contribution is 0.0919. The average molecular weight is 236 g/mol. The van der Waals surface area contributed by atoms with Crippen LogP contribution in [0.4, 0.5) is 0 Å². The van der Waals surface area contributed by atoms with E-state index < -0.39 is 0 Å². The largest absolute Gasteiger partial charge is 0.391 e. The number of rotatable bonds is 4. The quantitative estimate of drug-likeness (QED) is 0.862. The average Bonchev–Trinajstić information content (AvgIpc) is 2.89. The highest BCUT2D eigenvalue weighted by Gasteiger charge is 2.27. The van der Waals surface area contributed by atoms with Crippen molar-refractivity contribution < 1.29 is 5.11 Å². The fourth-order valence-corrected chi connectivity index (χ4v) is 2.89. The molecule has 0 aromatic carbocycles. The first-order valence-corrected chi connectivity index (χ1v) is 6.71. The molecule has 1 aromatic rings. The van der Waals surface area contributed by atoms with Gasteiger partial charge in [-0.25, -0.2) is 4.79 Å². The van der Waals surface area contributed by atoms with Gasteiger partial charge in [0.1, 0.15) is 0 Å². The normalized spacial score (nSPS) is 23.1. The monoisotopic (exact) mass is 236 g/mol. The summed E-state index contributed by atoms with van der Waals surface area (Å²) in [6.07, 6.45) is 10.2. The first kappa shape index (κ1) is 11.1. The standard InChI is InChI=1S/C13H20N2O2/c16-12(10-3-1-2-4-10)9-14-7-8-15(13(14)17)11-5-6-11/h7-8,10-12,16H,1-6,9H2. The third-order valence-electron chi connectivity index (χ3n) is 4.14. The van der Waals surface area contributed by atoms with Crippen LogP contribution in [0.15, 0.2) is 17.2 Å². The van der Waals surface area contributed by atoms with Crippen molar-refractivity contribution in [2.45, 2.75) is 57.2 Å². The molecule has 0 spiro atoms. The Morgan fingerprint density at radius 1 is 1.24 bits per heavy atom. The van der Waals surface area contributed by atoms with E-state index in [9.17, 15) is 9.90 Å². The molecule has 1 N–H and O–H groups in total. The molecule has 1 atom stereocenters. The van der Waals surface area contributed by atoms with E-state index in [0.29, 0.717) is 18.5 Å². The fourth-order valence-electron chi connectivity index (χ4n) is 2.89. The minimum atomic E-state index is -0.356. The Balaban J connectivity index is 1.69. The molecule has 2 saturated carbocycles. The molecular formula is C13H20N2O2. The molecule has 0 radical (unpaired) electrons. The maximum absolute atomic E-state index is 12.0. The van der Waals surface area contributed by atoms with E-state index >= 15 is 0 Å². The number of aromatic nitrogens is 2. The fraction of sp³-hybridized carbons (Fsp3) is 0.769. The van der Waals surface area contributed by atoms with Crippen molar-refractivity contribution in [3.63, 3.8) is 0 Å². The van der Waals surface area contributed by atoms with Crippen molar-refractivity contribution in [1.29, 1.82) is 0 Å². The predicted octanol–water partition coefficient (Wildman–Crippen LogP) is 1.54. The molecule has 1 heterocycles. The van der Waals surface area contributed by atoms with E-state index in [1.165, 1.54) is 12.8 Å². The van der Waals surface area contributed by atoms with E-state index in [2.05, 4.69) is 0 Å². The van der Waals surface area contributed by atoms with Crippen molar-refractivity contribution in [2.75, 3.05) is 0 Å². The highest BCUT2D eigenvalue weighted by molar-refractivity contribution is 4.92. The van der Waals surface area contributed by atoms with Gasteiger partial charge in [0, 0.05) is 18.4 Å². The van der Waals surface area contributed by atoms with Crippen LogP contribution in [0.3, 0.4) is 0 Å². The second-order valence-electron chi connectivity index (χ2n) is 5.48. The van der Waals surface area contributed by atoms with E-state index in [-0.39, 0.29) is 11.8 Å². The molecule has 2 fully saturated rings. The van der Waals surface area contributed by atoms with Gasteiger partial charge in [-0.2, -0.15) is 0 Å². The summed E-state index contributed by atoms with van der Waals surface area (Å²) in [7, 11) is 0. The Kier molecular flexibility index (Phi) is 2.82. The zero-order chi connectivity index (χ0) is 11.8. The highest BCUT2D eigenvalue weighted by Crippen LogP contribution is 2.33. The van der Waals surface area contributed by atoms with E-state index in [0.717, 1.165) is 25.7 Å². The third-order valence-corrected chi connectivity index (χ3v) is 4.14. The van der Waals surface area contributed by atoms with Crippen LogP contribution in [0.2, 0.25) is 0 Å². The van der Waals surface area contributed by atoms with Crippen LogP contribution in [-0.2, 0) is 6.54 Å². The van der Waals surface area contributed by atoms with Crippen LogP contribution in [-0.4, -0.2) is 20.3 Å². The lowest BCUT2D eigenvalue weighted by Crippen LogP contribution is -2.31. The molecule has 0 aliphatic heterocycles. The molecule has 1 aromatic heterocycles. The van der Waals surface area contributed by atoms with Gasteiger partial charge in [0.25, 0.3) is 0 Å². The number of aliphatic hydroxyl groups excluding tert-OH is 1. The summed E-state index contributed by atoms with van der Waals surface area (Å²) in [6, 6.07) is 0.423. The number of nitrogens with zero attached hydrogens (tertiary/aromatic N) is 2. The summed E-state index contributed by atoms with van der Waals surface area (Å²) in [6.45, 7) is 0.462. The van der Waals surface area contributed by atoms with Crippen molar-refractivity contribution in [3.05, 3.63) is 22.9 Å². The molecule has 94 valence electrons. The van der Waals surface area contributed by atoms with Crippen LogP contribution >= 0.6 is 0 Å². The lowest BCUT2D eigenvalue weighted by Gasteiger charge is -2.17. The maximum atomic E-state index is 12.0. The Morgan fingerprint density at radius 3 is 2.59 bits per heavy atom. The van der Waals surface area contributed by atoms with Crippen molar-refractivity contribution in [1.82, 2.24) is 9.13 Å². The number of imidazole rings is 1. The Bertz CT molecular complexity index is 439. The van der Waals surface area contributed by atoms with Gasteiger partial charge in [0.2, 0.25) is 0 Å². The molecule has 2 aliphatic rings. The number of aliphatic hydroxyl groups is 1. The first-order valence-electron chi connectivity index (χ1n) is 6.71. The van der Waals surface area contributed by atoms with Gasteiger partial charge >= 0.3 is 5.69 Å². The van der Waals surface area contributed by atoms with Crippen LogP contribution < -0.4 is 5.69 Å². The lowest BCUT2D eigenvalue weighted by atomic mass is 10.0. The van der Waals surface area contributed by atoms with Crippen LogP contribution in [0.25, 0.3) is 0 Å². The van der Waals surface area contributed by atoms with Gasteiger partial charge in [-0.3, -0.25) is 9.13 Å². The van der Waals surface area contributed by atoms with Crippen LogP contribution in [0, 0.1) is 5.92 Å². The summed E-state index contributed by atoms with van der Waals surface area (Å²) in [5.74, 6) is 0.395. The second-order valence-corrected chi connectivity index (χ2v) is 5.48. The van der Waals surface area contributed by atoms with Gasteiger partial charge in [-0.15, -0.1) is 0 Å². The Hall–Kier alpha value is -1.03. The van der Waals surface area contributed by atoms with Gasteiger partial charge in [0.05, 0.1) is 12.6 Å². The molecule has 1 unspecified atom stereocenters. The molecule has 3 rings (SSSR count). The maximum Gasteiger partial charge on any atom is 0.328 e. The summed E-state index contributed by atoms with van der Waals surface area (Å²) in [5, 5.41) is 10.1. The third kappa shape index (κ3) is 2.18. The summed E-state index contributed by atoms with van der Waals surface area (Å²) in [4.78, 5) is 12.0. The Morgan fingerprint density at radius 2 is 1.94 bits per heavy atom. The zero-order valence-electron chi connectivity index (χ0n) is 10.1. The van der Waals surface area contributed by atoms with Crippen molar-refractivity contribution in [3.8, 4) is 0 Å². The molecule has 0 amide bonds. The van der Waals surface area contributed by atoms with Crippen molar-refractivity contribution in [2.24, 2.45) is 5.92 Å². The second kappa shape index (κ2) is 4.33. The minimum Gasteiger partial charge on any atom is -0.391 e. The molecule has 17 heavy (non-hydrogen) atoms. The van der Waals surface area contributed by atoms with Crippen LogP contribution in [0.5, 0.6) is 0 Å². The number of hydrogen-bond acceptors (Lipinski definition) is 2. The summed E-state index contributed by atoms with van der Waals surface area (Å²) in [5.41, 5.74) is 0.0459. The van der Waals surface area contributed by atoms with Gasteiger partial charge in [-0.1, -0.05) is 12.8 Å². The van der Waals surface area contributed by atoms with E-state index in [1.54, 1.807) is 9.13 Å². The Labute approximate surface area is 101 Å². The van der Waals surface area contributed by atoms with Gasteiger partial charge in [-0.05, 0) is 31.6 Å². The molecule has 2 aliphatic carbocycles. The van der Waals surface area contributed by atoms with Gasteiger partial charge < -0.3 is 5.11 Å². The summed E-state index contributed by atoms with van der Waals surface area (Å²) >= 11 is 0. The highest BCUT2D eigenvalue weighted by atomic mass is 16.3. The van der Waals surface area contributed by atoms with Crippen LogP contribution in [0.1, 0.15) is 44.6 Å². The zero-order valence-corrected chi connectivity index (χ0v) is 10.1. The van der Waals surface area contributed by atoms with Gasteiger partial charge in [0.15, 0.2) is 0 Å². The van der Waals surface area contributed by atoms with Crippen molar-refractivity contribution >= 4 is 0 Å². The topological polar surface area (TPSA) is 47.2 Å². The molecule has 4 nitrogen and oxygen atoms in total. The van der Waals surface area contributed by atoms with E-state index in [1.807, 2.05) is 12.4 Å². The predicted molar refractivity (Wildman–Crippen MR) is 64.9 cm³/mol. The number of hydrogen-bond donors (Lipinski definition) is 1. The molecule has 0 saturated heterocycles. The molecule has 0 bridgehead atoms. The van der Waals surface area contributed by atoms with E-state index in [4.69, 9.17) is 0 Å². The molecular weight excluding hydrogens is 216 g/mol. The molecule has 4 heteroatoms. The SMILES string of the molecule is O=c1n(CC(O)C2CCCC2)ccn1C1CC1. The first-order chi connectivity index (χ1) is 8.25.